The van der Waals surface area contributed by atoms with E-state index in [1.807, 2.05) is 30.3 Å². The Balaban J connectivity index is 1.73. The second-order valence-corrected chi connectivity index (χ2v) is 6.88. The maximum absolute atomic E-state index is 11.9. The minimum absolute atomic E-state index is 0.248. The van der Waals surface area contributed by atoms with E-state index in [4.69, 9.17) is 5.73 Å². The fourth-order valence-electron chi connectivity index (χ4n) is 1.71. The van der Waals surface area contributed by atoms with Gasteiger partial charge in [0, 0.05) is 40.8 Å². The van der Waals surface area contributed by atoms with Crippen LogP contribution in [0, 0.1) is 0 Å². The summed E-state index contributed by atoms with van der Waals surface area (Å²) in [4.78, 5) is 15.9. The molecule has 0 aliphatic carbocycles. The fourth-order valence-corrected chi connectivity index (χ4v) is 3.40. The van der Waals surface area contributed by atoms with E-state index in [0.29, 0.717) is 30.3 Å². The van der Waals surface area contributed by atoms with Gasteiger partial charge in [-0.1, -0.05) is 30.3 Å². The quantitative estimate of drug-likeness (QED) is 0.804. The molecule has 0 saturated heterocycles. The van der Waals surface area contributed by atoms with Crippen LogP contribution in [0.25, 0.3) is 0 Å². The summed E-state index contributed by atoms with van der Waals surface area (Å²) in [6.07, 6.45) is 0. The average molecular weight is 323 g/mol. The molecule has 0 bridgehead atoms. The zero-order valence-electron chi connectivity index (χ0n) is 11.5. The molecule has 1 amide bonds. The van der Waals surface area contributed by atoms with Gasteiger partial charge >= 0.3 is 0 Å². The first-order valence-corrected chi connectivity index (χ1v) is 8.87. The molecule has 21 heavy (non-hydrogen) atoms. The highest BCUT2D eigenvalue weighted by Gasteiger charge is 2.10. The van der Waals surface area contributed by atoms with Crippen LogP contribution in [0.1, 0.15) is 21.1 Å². The van der Waals surface area contributed by atoms with E-state index < -0.39 is 10.8 Å². The van der Waals surface area contributed by atoms with Crippen molar-refractivity contribution in [3.63, 3.8) is 0 Å². The summed E-state index contributed by atoms with van der Waals surface area (Å²) in [6.45, 7) is 0.701. The molecule has 1 aromatic carbocycles. The predicted octanol–water partition coefficient (Wildman–Crippen LogP) is 1.28. The lowest BCUT2D eigenvalue weighted by molar-refractivity contribution is 0.0951. The van der Waals surface area contributed by atoms with Gasteiger partial charge < -0.3 is 11.1 Å². The molecular weight excluding hydrogens is 306 g/mol. The second-order valence-electron chi connectivity index (χ2n) is 4.36. The normalized spacial score (nSPS) is 12.0. The molecule has 0 saturated carbocycles. The Morgan fingerprint density at radius 3 is 2.76 bits per heavy atom. The van der Waals surface area contributed by atoms with Crippen molar-refractivity contribution in [2.45, 2.75) is 12.3 Å². The lowest BCUT2D eigenvalue weighted by Gasteiger charge is -2.04. The van der Waals surface area contributed by atoms with Crippen molar-refractivity contribution in [2.24, 2.45) is 5.73 Å². The zero-order chi connectivity index (χ0) is 15.1. The summed E-state index contributed by atoms with van der Waals surface area (Å²) >= 11 is 1.36. The number of nitrogens with two attached hydrogens (primary N) is 1. The first-order valence-electron chi connectivity index (χ1n) is 6.50. The third kappa shape index (κ3) is 5.04. The van der Waals surface area contributed by atoms with Crippen LogP contribution in [0.2, 0.25) is 0 Å². The lowest BCUT2D eigenvalue weighted by atomic mass is 10.2. The fraction of sp³-hybridized carbons (Fsp3) is 0.286. The number of thiazole rings is 1. The van der Waals surface area contributed by atoms with Crippen molar-refractivity contribution in [3.8, 4) is 0 Å². The van der Waals surface area contributed by atoms with Crippen LogP contribution in [-0.4, -0.2) is 27.4 Å². The van der Waals surface area contributed by atoms with Crippen LogP contribution in [0.4, 0.5) is 0 Å². The van der Waals surface area contributed by atoms with Crippen LogP contribution < -0.4 is 11.1 Å². The summed E-state index contributed by atoms with van der Waals surface area (Å²) < 4.78 is 11.9. The Morgan fingerprint density at radius 1 is 1.33 bits per heavy atom. The first-order chi connectivity index (χ1) is 10.2. The number of aromatic nitrogens is 1. The van der Waals surface area contributed by atoms with Crippen molar-refractivity contribution in [1.29, 1.82) is 0 Å². The SMILES string of the molecule is NCc1nc(C(=O)NCCS(=O)Cc2ccccc2)cs1. The highest BCUT2D eigenvalue weighted by atomic mass is 32.2. The number of amides is 1. The van der Waals surface area contributed by atoms with Crippen molar-refractivity contribution in [2.75, 3.05) is 12.3 Å². The third-order valence-corrected chi connectivity index (χ3v) is 4.93. The summed E-state index contributed by atoms with van der Waals surface area (Å²) in [7, 11) is -0.993. The third-order valence-electron chi connectivity index (χ3n) is 2.74. The Bertz CT molecular complexity index is 614. The maximum Gasteiger partial charge on any atom is 0.270 e. The van der Waals surface area contributed by atoms with Gasteiger partial charge in [0.1, 0.15) is 10.7 Å². The molecule has 1 aromatic heterocycles. The Morgan fingerprint density at radius 2 is 2.10 bits per heavy atom. The average Bonchev–Trinajstić information content (AvgIpc) is 2.97. The molecule has 3 N–H and O–H groups in total. The molecule has 2 rings (SSSR count). The van der Waals surface area contributed by atoms with E-state index in [-0.39, 0.29) is 5.91 Å². The topological polar surface area (TPSA) is 85.1 Å². The number of nitrogens with one attached hydrogen (secondary N) is 1. The summed E-state index contributed by atoms with van der Waals surface area (Å²) in [5.41, 5.74) is 6.86. The standard InChI is InChI=1S/C14H17N3O2S2/c15-8-13-17-12(9-20-13)14(18)16-6-7-21(19)10-11-4-2-1-3-5-11/h1-5,9H,6-8,10,15H2,(H,16,18). The maximum atomic E-state index is 11.9. The molecule has 0 radical (unpaired) electrons. The molecule has 2 aromatic rings. The van der Waals surface area contributed by atoms with Crippen LogP contribution in [-0.2, 0) is 23.1 Å². The monoisotopic (exact) mass is 323 g/mol. The second kappa shape index (κ2) is 8.02. The molecule has 1 unspecified atom stereocenters. The number of hydrogen-bond donors (Lipinski definition) is 2. The lowest BCUT2D eigenvalue weighted by Crippen LogP contribution is -2.28. The molecule has 5 nitrogen and oxygen atoms in total. The molecule has 7 heteroatoms. The summed E-state index contributed by atoms with van der Waals surface area (Å²) in [6, 6.07) is 9.66. The predicted molar refractivity (Wildman–Crippen MR) is 85.5 cm³/mol. The van der Waals surface area contributed by atoms with E-state index in [2.05, 4.69) is 10.3 Å². The van der Waals surface area contributed by atoms with Crippen molar-refractivity contribution < 1.29 is 9.00 Å². The largest absolute Gasteiger partial charge is 0.350 e. The van der Waals surface area contributed by atoms with Gasteiger partial charge in [-0.2, -0.15) is 0 Å². The summed E-state index contributed by atoms with van der Waals surface area (Å²) in [5.74, 6) is 0.682. The van der Waals surface area contributed by atoms with Crippen molar-refractivity contribution in [3.05, 3.63) is 52.0 Å². The van der Waals surface area contributed by atoms with E-state index in [1.165, 1.54) is 11.3 Å². The smallest absolute Gasteiger partial charge is 0.270 e. The molecule has 1 atom stereocenters. The highest BCUT2D eigenvalue weighted by Crippen LogP contribution is 2.08. The van der Waals surface area contributed by atoms with Gasteiger partial charge in [-0.25, -0.2) is 4.98 Å². The molecule has 1 heterocycles. The number of carbonyl (C=O) groups is 1. The molecule has 0 spiro atoms. The molecular formula is C14H17N3O2S2. The van der Waals surface area contributed by atoms with E-state index in [0.717, 1.165) is 10.6 Å². The molecule has 112 valence electrons. The minimum Gasteiger partial charge on any atom is -0.350 e. The minimum atomic E-state index is -0.993. The van der Waals surface area contributed by atoms with Crippen molar-refractivity contribution in [1.82, 2.24) is 10.3 Å². The van der Waals surface area contributed by atoms with Crippen LogP contribution in [0.3, 0.4) is 0 Å². The number of hydrogen-bond acceptors (Lipinski definition) is 5. The van der Waals surface area contributed by atoms with Crippen molar-refractivity contribution >= 4 is 28.0 Å². The highest BCUT2D eigenvalue weighted by molar-refractivity contribution is 7.84. The van der Waals surface area contributed by atoms with E-state index >= 15 is 0 Å². The summed E-state index contributed by atoms with van der Waals surface area (Å²) in [5, 5.41) is 5.13. The number of carbonyl (C=O) groups excluding carboxylic acids is 1. The van der Waals surface area contributed by atoms with Gasteiger partial charge in [-0.15, -0.1) is 11.3 Å². The number of nitrogens with zero attached hydrogens (tertiary/aromatic N) is 1. The van der Waals surface area contributed by atoms with Crippen LogP contribution >= 0.6 is 11.3 Å². The van der Waals surface area contributed by atoms with Gasteiger partial charge in [0.25, 0.3) is 5.91 Å². The molecule has 0 fully saturated rings. The Labute approximate surface area is 130 Å². The molecule has 0 aliphatic rings. The van der Waals surface area contributed by atoms with Gasteiger partial charge in [-0.3, -0.25) is 9.00 Å². The Hall–Kier alpha value is -1.57. The van der Waals surface area contributed by atoms with E-state index in [1.54, 1.807) is 5.38 Å². The van der Waals surface area contributed by atoms with Gasteiger partial charge in [0.2, 0.25) is 0 Å². The van der Waals surface area contributed by atoms with Gasteiger partial charge in [-0.05, 0) is 5.56 Å². The van der Waals surface area contributed by atoms with Gasteiger partial charge in [0.05, 0.1) is 0 Å². The van der Waals surface area contributed by atoms with Crippen LogP contribution in [0.5, 0.6) is 0 Å². The Kier molecular flexibility index (Phi) is 6.04. The molecule has 0 aliphatic heterocycles. The first kappa shape index (κ1) is 15.8. The zero-order valence-corrected chi connectivity index (χ0v) is 13.1. The number of benzene rings is 1. The van der Waals surface area contributed by atoms with Crippen LogP contribution in [0.15, 0.2) is 35.7 Å². The number of rotatable bonds is 7. The van der Waals surface area contributed by atoms with Gasteiger partial charge in [0.15, 0.2) is 0 Å². The van der Waals surface area contributed by atoms with E-state index in [9.17, 15) is 9.00 Å².